The van der Waals surface area contributed by atoms with Crippen LogP contribution in [0.1, 0.15) is 19.4 Å². The van der Waals surface area contributed by atoms with Gasteiger partial charge in [0.15, 0.2) is 23.3 Å². The van der Waals surface area contributed by atoms with E-state index in [9.17, 15) is 22.4 Å². The van der Waals surface area contributed by atoms with Gasteiger partial charge in [-0.15, -0.1) is 0 Å². The van der Waals surface area contributed by atoms with E-state index in [0.717, 1.165) is 0 Å². The molecule has 1 aliphatic rings. The molecule has 1 aliphatic carbocycles. The molecule has 0 spiro atoms. The molecule has 2 nitrogen and oxygen atoms in total. The quantitative estimate of drug-likeness (QED) is 0.285. The van der Waals surface area contributed by atoms with Crippen molar-refractivity contribution in [2.75, 3.05) is 0 Å². The maximum atomic E-state index is 13.8. The van der Waals surface area contributed by atoms with Crippen molar-refractivity contribution in [2.45, 2.75) is 20.5 Å². The van der Waals surface area contributed by atoms with Crippen LogP contribution in [-0.2, 0) is 16.1 Å². The van der Waals surface area contributed by atoms with Gasteiger partial charge < -0.3 is 4.74 Å². The second-order valence-corrected chi connectivity index (χ2v) is 7.32. The van der Waals surface area contributed by atoms with Crippen LogP contribution in [0.25, 0.3) is 0 Å². The predicted octanol–water partition coefficient (Wildman–Crippen LogP) is 5.53. The molecule has 0 N–H and O–H groups in total. The summed E-state index contributed by atoms with van der Waals surface area (Å²) in [4.78, 5) is 12.1. The maximum Gasteiger partial charge on any atom is 0.310 e. The highest BCUT2D eigenvalue weighted by Crippen LogP contribution is 2.60. The molecule has 0 amide bonds. The molecule has 0 aliphatic heterocycles. The molecule has 1 aromatic rings. The number of carbonyl (C=O) groups excluding carboxylic acids is 1. The third kappa shape index (κ3) is 3.37. The van der Waals surface area contributed by atoms with Crippen LogP contribution in [-0.4, -0.2) is 5.97 Å². The zero-order valence-corrected chi connectivity index (χ0v) is 14.7. The van der Waals surface area contributed by atoms with Crippen LogP contribution in [0.15, 0.2) is 10.6 Å². The highest BCUT2D eigenvalue weighted by atomic mass is 35.5. The Morgan fingerprint density at radius 3 is 2.25 bits per heavy atom. The van der Waals surface area contributed by atoms with Crippen LogP contribution in [0.4, 0.5) is 17.6 Å². The Morgan fingerprint density at radius 1 is 1.12 bits per heavy atom. The second-order valence-electron chi connectivity index (χ2n) is 5.94. The van der Waals surface area contributed by atoms with Crippen LogP contribution in [0.3, 0.4) is 0 Å². The Morgan fingerprint density at radius 2 is 1.71 bits per heavy atom. The molecule has 9 heteroatoms. The van der Waals surface area contributed by atoms with E-state index in [1.54, 1.807) is 13.8 Å². The van der Waals surface area contributed by atoms with Gasteiger partial charge in [-0.3, -0.25) is 4.79 Å². The largest absolute Gasteiger partial charge is 0.460 e. The van der Waals surface area contributed by atoms with Gasteiger partial charge in [-0.05, 0) is 17.4 Å². The Hall–Kier alpha value is -0.980. The van der Waals surface area contributed by atoms with Gasteiger partial charge in [0.2, 0.25) is 0 Å². The highest BCUT2D eigenvalue weighted by Gasteiger charge is 2.61. The van der Waals surface area contributed by atoms with Gasteiger partial charge >= 0.3 is 5.97 Å². The topological polar surface area (TPSA) is 26.3 Å². The molecular weight excluding hydrogens is 395 g/mol. The summed E-state index contributed by atoms with van der Waals surface area (Å²) in [6.07, 6.45) is 1.46. The van der Waals surface area contributed by atoms with Crippen molar-refractivity contribution < 1.29 is 27.1 Å². The highest BCUT2D eigenvalue weighted by molar-refractivity contribution is 6.55. The number of allylic oxidation sites excluding steroid dienone is 1. The fourth-order valence-corrected chi connectivity index (χ4v) is 3.05. The lowest BCUT2D eigenvalue weighted by Gasteiger charge is -2.10. The first-order chi connectivity index (χ1) is 11.0. The molecule has 0 bridgehead atoms. The van der Waals surface area contributed by atoms with Crippen LogP contribution in [0, 0.1) is 40.5 Å². The van der Waals surface area contributed by atoms with Crippen molar-refractivity contribution >= 4 is 40.8 Å². The molecule has 2 unspecified atom stereocenters. The van der Waals surface area contributed by atoms with Crippen LogP contribution in [0.5, 0.6) is 0 Å². The van der Waals surface area contributed by atoms with Gasteiger partial charge in [-0.25, -0.2) is 17.6 Å². The smallest absolute Gasteiger partial charge is 0.310 e. The number of benzene rings is 1. The van der Waals surface area contributed by atoms with E-state index >= 15 is 0 Å². The monoisotopic (exact) mass is 404 g/mol. The molecule has 0 radical (unpaired) electrons. The molecule has 2 rings (SSSR count). The number of rotatable bonds is 4. The molecular formula is C15H11Cl3F4O2. The number of ether oxygens (including phenoxy) is 1. The van der Waals surface area contributed by atoms with Gasteiger partial charge in [-0.1, -0.05) is 48.7 Å². The summed E-state index contributed by atoms with van der Waals surface area (Å²) in [6, 6.07) is 0. The van der Waals surface area contributed by atoms with Crippen LogP contribution < -0.4 is 0 Å². The molecule has 1 saturated carbocycles. The number of hydrogen-bond acceptors (Lipinski definition) is 2. The lowest BCUT2D eigenvalue weighted by molar-refractivity contribution is -0.147. The number of halogens is 7. The van der Waals surface area contributed by atoms with E-state index in [-0.39, 0.29) is 10.4 Å². The molecule has 132 valence electrons. The average Bonchev–Trinajstić information content (AvgIpc) is 3.02. The van der Waals surface area contributed by atoms with Gasteiger partial charge in [-0.2, -0.15) is 0 Å². The Bertz CT molecular complexity index is 701. The SMILES string of the molecule is CC1(C)C(C=C(Cl)Cl)C1C(=O)OCc1c(F)c(F)c(F)c(Cl)c1F. The fourth-order valence-electron chi connectivity index (χ4n) is 2.58. The minimum Gasteiger partial charge on any atom is -0.460 e. The number of carbonyl (C=O) groups is 1. The molecule has 1 aromatic carbocycles. The summed E-state index contributed by atoms with van der Waals surface area (Å²) in [7, 11) is 0. The summed E-state index contributed by atoms with van der Waals surface area (Å²) in [5.74, 6) is -8.79. The van der Waals surface area contributed by atoms with Crippen molar-refractivity contribution in [1.29, 1.82) is 0 Å². The van der Waals surface area contributed by atoms with E-state index in [1.807, 2.05) is 0 Å². The Balaban J connectivity index is 2.16. The first kappa shape index (κ1) is 19.3. The van der Waals surface area contributed by atoms with E-state index in [0.29, 0.717) is 0 Å². The van der Waals surface area contributed by atoms with Crippen LogP contribution >= 0.6 is 34.8 Å². The predicted molar refractivity (Wildman–Crippen MR) is 81.6 cm³/mol. The van der Waals surface area contributed by atoms with E-state index in [2.05, 4.69) is 0 Å². The Kier molecular flexibility index (Phi) is 5.43. The molecule has 2 atom stereocenters. The van der Waals surface area contributed by atoms with Crippen molar-refractivity contribution in [3.05, 3.63) is 44.4 Å². The van der Waals surface area contributed by atoms with Gasteiger partial charge in [0.25, 0.3) is 0 Å². The molecule has 0 aromatic heterocycles. The van der Waals surface area contributed by atoms with E-state index in [1.165, 1.54) is 6.08 Å². The minimum atomic E-state index is -1.94. The summed E-state index contributed by atoms with van der Waals surface area (Å²) in [5, 5.41) is -1.21. The zero-order chi connectivity index (χ0) is 18.4. The summed E-state index contributed by atoms with van der Waals surface area (Å²) in [5.41, 5.74) is -1.47. The van der Waals surface area contributed by atoms with E-state index in [4.69, 9.17) is 39.5 Å². The first-order valence-corrected chi connectivity index (χ1v) is 7.83. The number of hydrogen-bond donors (Lipinski definition) is 0. The second kappa shape index (κ2) is 6.73. The van der Waals surface area contributed by atoms with Gasteiger partial charge in [0, 0.05) is 0 Å². The summed E-state index contributed by atoms with van der Waals surface area (Å²) < 4.78 is 58.6. The normalized spacial score (nSPS) is 21.4. The maximum absolute atomic E-state index is 13.8. The first-order valence-electron chi connectivity index (χ1n) is 6.69. The van der Waals surface area contributed by atoms with Crippen molar-refractivity contribution in [2.24, 2.45) is 17.3 Å². The molecule has 24 heavy (non-hydrogen) atoms. The van der Waals surface area contributed by atoms with Gasteiger partial charge in [0.05, 0.1) is 11.5 Å². The minimum absolute atomic E-state index is 0.0205. The van der Waals surface area contributed by atoms with Crippen molar-refractivity contribution in [1.82, 2.24) is 0 Å². The average molecular weight is 406 g/mol. The third-order valence-corrected chi connectivity index (χ3v) is 4.71. The lowest BCUT2D eigenvalue weighted by Crippen LogP contribution is -2.13. The standard InChI is InChI=1S/C15H11Cl3F4O2/c1-15(2)6(3-7(16)17)8(15)14(23)24-4-5-10(19)9(18)12(21)13(22)11(5)20/h3,6,8H,4H2,1-2H3. The van der Waals surface area contributed by atoms with Crippen molar-refractivity contribution in [3.8, 4) is 0 Å². The van der Waals surface area contributed by atoms with E-state index < -0.39 is 57.8 Å². The van der Waals surface area contributed by atoms with Crippen LogP contribution in [0.2, 0.25) is 5.02 Å². The third-order valence-electron chi connectivity index (χ3n) is 4.13. The molecule has 1 fully saturated rings. The fraction of sp³-hybridized carbons (Fsp3) is 0.400. The van der Waals surface area contributed by atoms with Crippen molar-refractivity contribution in [3.63, 3.8) is 0 Å². The zero-order valence-electron chi connectivity index (χ0n) is 12.4. The molecule has 0 heterocycles. The Labute approximate surface area is 150 Å². The lowest BCUT2D eigenvalue weighted by atomic mass is 10.1. The van der Waals surface area contributed by atoms with Gasteiger partial charge in [0.1, 0.15) is 16.1 Å². The summed E-state index contributed by atoms with van der Waals surface area (Å²) >= 11 is 16.4. The molecule has 0 saturated heterocycles. The number of esters is 1. The summed E-state index contributed by atoms with van der Waals surface area (Å²) in [6.45, 7) is 2.59.